The summed E-state index contributed by atoms with van der Waals surface area (Å²) in [5, 5.41) is 10.4. The van der Waals surface area contributed by atoms with Crippen LogP contribution in [-0.4, -0.2) is 11.7 Å². The molecular formula is C17H19BrO2. The summed E-state index contributed by atoms with van der Waals surface area (Å²) in [7, 11) is 0. The molecule has 20 heavy (non-hydrogen) atoms. The molecule has 106 valence electrons. The fourth-order valence-electron chi connectivity index (χ4n) is 2.16. The molecule has 0 aliphatic heterocycles. The fraction of sp³-hybridized carbons (Fsp3) is 0.294. The van der Waals surface area contributed by atoms with Crippen LogP contribution in [0.15, 0.2) is 46.9 Å². The lowest BCUT2D eigenvalue weighted by Crippen LogP contribution is -2.03. The summed E-state index contributed by atoms with van der Waals surface area (Å²) in [5.41, 5.74) is 3.27. The van der Waals surface area contributed by atoms with Crippen molar-refractivity contribution in [3.8, 4) is 5.75 Å². The fourth-order valence-corrected chi connectivity index (χ4v) is 2.67. The first kappa shape index (κ1) is 15.1. The van der Waals surface area contributed by atoms with Gasteiger partial charge in [0.2, 0.25) is 0 Å². The quantitative estimate of drug-likeness (QED) is 0.876. The van der Waals surface area contributed by atoms with Crippen molar-refractivity contribution in [2.75, 3.05) is 6.61 Å². The molecule has 0 heterocycles. The van der Waals surface area contributed by atoms with E-state index in [9.17, 15) is 5.11 Å². The van der Waals surface area contributed by atoms with Crippen molar-refractivity contribution in [3.05, 3.63) is 63.6 Å². The van der Waals surface area contributed by atoms with Crippen molar-refractivity contribution in [1.29, 1.82) is 0 Å². The first-order chi connectivity index (χ1) is 9.61. The van der Waals surface area contributed by atoms with Gasteiger partial charge in [-0.2, -0.15) is 0 Å². The minimum atomic E-state index is -0.511. The zero-order valence-corrected chi connectivity index (χ0v) is 13.4. The van der Waals surface area contributed by atoms with E-state index >= 15 is 0 Å². The molecule has 1 unspecified atom stereocenters. The van der Waals surface area contributed by atoms with E-state index in [4.69, 9.17) is 4.74 Å². The molecule has 0 aromatic heterocycles. The Bertz CT molecular complexity index is 581. The van der Waals surface area contributed by atoms with E-state index in [1.54, 1.807) is 0 Å². The van der Waals surface area contributed by atoms with Crippen LogP contribution in [0.4, 0.5) is 0 Å². The second-order valence-electron chi connectivity index (χ2n) is 4.77. The van der Waals surface area contributed by atoms with Gasteiger partial charge in [0, 0.05) is 6.42 Å². The van der Waals surface area contributed by atoms with Gasteiger partial charge in [0.05, 0.1) is 17.2 Å². The summed E-state index contributed by atoms with van der Waals surface area (Å²) in [6.07, 6.45) is 0.107. The van der Waals surface area contributed by atoms with E-state index in [2.05, 4.69) is 35.0 Å². The van der Waals surface area contributed by atoms with Crippen LogP contribution in [0.5, 0.6) is 5.75 Å². The van der Waals surface area contributed by atoms with Gasteiger partial charge in [0.15, 0.2) is 0 Å². The topological polar surface area (TPSA) is 29.5 Å². The zero-order chi connectivity index (χ0) is 14.5. The SMILES string of the molecule is CCOc1ccc(C(O)Cc2ccccc2C)cc1Br. The lowest BCUT2D eigenvalue weighted by molar-refractivity contribution is 0.178. The predicted molar refractivity (Wildman–Crippen MR) is 85.2 cm³/mol. The van der Waals surface area contributed by atoms with Gasteiger partial charge < -0.3 is 9.84 Å². The number of hydrogen-bond donors (Lipinski definition) is 1. The van der Waals surface area contributed by atoms with Crippen molar-refractivity contribution in [2.45, 2.75) is 26.4 Å². The van der Waals surface area contributed by atoms with E-state index in [0.717, 1.165) is 15.8 Å². The number of rotatable bonds is 5. The monoisotopic (exact) mass is 334 g/mol. The molecular weight excluding hydrogens is 316 g/mol. The lowest BCUT2D eigenvalue weighted by Gasteiger charge is -2.14. The number of ether oxygens (including phenoxy) is 1. The van der Waals surface area contributed by atoms with Crippen molar-refractivity contribution in [1.82, 2.24) is 0 Å². The Morgan fingerprint density at radius 2 is 1.95 bits per heavy atom. The molecule has 0 saturated carbocycles. The average Bonchev–Trinajstić information content (AvgIpc) is 2.43. The maximum absolute atomic E-state index is 10.4. The number of aliphatic hydroxyl groups is 1. The summed E-state index contributed by atoms with van der Waals surface area (Å²) in [5.74, 6) is 0.805. The number of benzene rings is 2. The molecule has 1 N–H and O–H groups in total. The summed E-state index contributed by atoms with van der Waals surface area (Å²) in [6.45, 7) is 4.65. The second-order valence-corrected chi connectivity index (χ2v) is 5.62. The molecule has 2 rings (SSSR count). The molecule has 0 bridgehead atoms. The van der Waals surface area contributed by atoms with Crippen LogP contribution in [0.3, 0.4) is 0 Å². The molecule has 2 nitrogen and oxygen atoms in total. The Hall–Kier alpha value is -1.32. The lowest BCUT2D eigenvalue weighted by atomic mass is 9.98. The highest BCUT2D eigenvalue weighted by Crippen LogP contribution is 2.29. The number of halogens is 1. The van der Waals surface area contributed by atoms with Crippen LogP contribution in [0.25, 0.3) is 0 Å². The normalized spacial score (nSPS) is 12.2. The van der Waals surface area contributed by atoms with Crippen LogP contribution in [0.2, 0.25) is 0 Å². The average molecular weight is 335 g/mol. The van der Waals surface area contributed by atoms with Gasteiger partial charge >= 0.3 is 0 Å². The third-order valence-corrected chi connectivity index (χ3v) is 3.93. The highest BCUT2D eigenvalue weighted by atomic mass is 79.9. The molecule has 2 aromatic carbocycles. The number of aliphatic hydroxyl groups excluding tert-OH is 1. The summed E-state index contributed by atoms with van der Waals surface area (Å²) in [6, 6.07) is 13.9. The van der Waals surface area contributed by atoms with Crippen LogP contribution >= 0.6 is 15.9 Å². The molecule has 0 amide bonds. The number of hydrogen-bond acceptors (Lipinski definition) is 2. The highest BCUT2D eigenvalue weighted by molar-refractivity contribution is 9.10. The highest BCUT2D eigenvalue weighted by Gasteiger charge is 2.12. The van der Waals surface area contributed by atoms with Crippen LogP contribution < -0.4 is 4.74 Å². The van der Waals surface area contributed by atoms with Crippen LogP contribution in [0.1, 0.15) is 29.7 Å². The van der Waals surface area contributed by atoms with Gasteiger partial charge in [-0.1, -0.05) is 30.3 Å². The Morgan fingerprint density at radius 3 is 2.60 bits per heavy atom. The van der Waals surface area contributed by atoms with E-state index < -0.39 is 6.10 Å². The standard InChI is InChI=1S/C17H19BrO2/c1-3-20-17-9-8-14(10-15(17)18)16(19)11-13-7-5-4-6-12(13)2/h4-10,16,19H,3,11H2,1-2H3. The maximum Gasteiger partial charge on any atom is 0.133 e. The van der Waals surface area contributed by atoms with E-state index in [1.807, 2.05) is 37.3 Å². The molecule has 0 fully saturated rings. The first-order valence-corrected chi connectivity index (χ1v) is 7.56. The van der Waals surface area contributed by atoms with Crippen molar-refractivity contribution in [2.24, 2.45) is 0 Å². The van der Waals surface area contributed by atoms with Crippen LogP contribution in [-0.2, 0) is 6.42 Å². The molecule has 2 aromatic rings. The van der Waals surface area contributed by atoms with E-state index in [1.165, 1.54) is 11.1 Å². The first-order valence-electron chi connectivity index (χ1n) is 6.76. The minimum Gasteiger partial charge on any atom is -0.493 e. The largest absolute Gasteiger partial charge is 0.493 e. The molecule has 0 saturated heterocycles. The van der Waals surface area contributed by atoms with E-state index in [0.29, 0.717) is 13.0 Å². The summed E-state index contributed by atoms with van der Waals surface area (Å²) >= 11 is 3.48. The van der Waals surface area contributed by atoms with Crippen molar-refractivity contribution in [3.63, 3.8) is 0 Å². The smallest absolute Gasteiger partial charge is 0.133 e. The summed E-state index contributed by atoms with van der Waals surface area (Å²) in [4.78, 5) is 0. The van der Waals surface area contributed by atoms with Gasteiger partial charge in [-0.25, -0.2) is 0 Å². The second kappa shape index (κ2) is 6.91. The zero-order valence-electron chi connectivity index (χ0n) is 11.8. The minimum absolute atomic E-state index is 0.511. The Balaban J connectivity index is 2.15. The molecule has 3 heteroatoms. The van der Waals surface area contributed by atoms with Crippen LogP contribution in [0, 0.1) is 6.92 Å². The third kappa shape index (κ3) is 3.62. The molecule has 0 aliphatic carbocycles. The Labute approximate surface area is 128 Å². The number of aryl methyl sites for hydroxylation is 1. The molecule has 0 aliphatic rings. The van der Waals surface area contributed by atoms with Gasteiger partial charge in [-0.3, -0.25) is 0 Å². The van der Waals surface area contributed by atoms with Crippen molar-refractivity contribution >= 4 is 15.9 Å². The van der Waals surface area contributed by atoms with Crippen molar-refractivity contribution < 1.29 is 9.84 Å². The Morgan fingerprint density at radius 1 is 1.20 bits per heavy atom. The molecule has 1 atom stereocenters. The molecule has 0 radical (unpaired) electrons. The molecule has 0 spiro atoms. The summed E-state index contributed by atoms with van der Waals surface area (Å²) < 4.78 is 6.36. The van der Waals surface area contributed by atoms with Gasteiger partial charge in [-0.15, -0.1) is 0 Å². The van der Waals surface area contributed by atoms with E-state index in [-0.39, 0.29) is 0 Å². The van der Waals surface area contributed by atoms with Gasteiger partial charge in [-0.05, 0) is 58.6 Å². The van der Waals surface area contributed by atoms with Gasteiger partial charge in [0.1, 0.15) is 5.75 Å². The third-order valence-electron chi connectivity index (χ3n) is 3.32. The maximum atomic E-state index is 10.4. The Kier molecular flexibility index (Phi) is 5.21. The van der Waals surface area contributed by atoms with Gasteiger partial charge in [0.25, 0.3) is 0 Å². The predicted octanol–water partition coefficient (Wildman–Crippen LogP) is 4.43.